The summed E-state index contributed by atoms with van der Waals surface area (Å²) in [5.41, 5.74) is 1.41. The highest BCUT2D eigenvalue weighted by atomic mass is 16.5. The van der Waals surface area contributed by atoms with E-state index in [4.69, 9.17) is 4.74 Å². The fourth-order valence-corrected chi connectivity index (χ4v) is 2.22. The standard InChI is InChI=1S/C17H30O2/c1-12(2)7-8-13(3)14(4)17(5,6)11-19-16(18)15-9-10-15/h7,13-15H,8-11H2,1-6H3/t13-,14-/m0/s1. The van der Waals surface area contributed by atoms with Crippen LogP contribution in [0.4, 0.5) is 0 Å². The second-order valence-corrected chi connectivity index (χ2v) is 7.15. The molecule has 0 aromatic rings. The van der Waals surface area contributed by atoms with Gasteiger partial charge < -0.3 is 4.74 Å². The molecule has 0 heterocycles. The molecule has 2 atom stereocenters. The molecule has 0 aromatic carbocycles. The Labute approximate surface area is 118 Å². The largest absolute Gasteiger partial charge is 0.465 e. The number of esters is 1. The molecule has 0 saturated heterocycles. The number of hydrogen-bond acceptors (Lipinski definition) is 2. The summed E-state index contributed by atoms with van der Waals surface area (Å²) < 4.78 is 5.47. The molecule has 0 aromatic heterocycles. The molecule has 1 saturated carbocycles. The maximum Gasteiger partial charge on any atom is 0.308 e. The number of carbonyl (C=O) groups is 1. The van der Waals surface area contributed by atoms with Crippen LogP contribution in [0.5, 0.6) is 0 Å². The highest BCUT2D eigenvalue weighted by Gasteiger charge is 2.35. The minimum absolute atomic E-state index is 0.0113. The Hall–Kier alpha value is -0.790. The Morgan fingerprint density at radius 3 is 2.37 bits per heavy atom. The summed E-state index contributed by atoms with van der Waals surface area (Å²) in [6.07, 6.45) is 5.44. The van der Waals surface area contributed by atoms with Gasteiger partial charge in [-0.1, -0.05) is 39.3 Å². The van der Waals surface area contributed by atoms with Gasteiger partial charge in [0.15, 0.2) is 0 Å². The van der Waals surface area contributed by atoms with Gasteiger partial charge in [-0.2, -0.15) is 0 Å². The van der Waals surface area contributed by atoms with Crippen LogP contribution in [0.1, 0.15) is 60.8 Å². The number of hydrogen-bond donors (Lipinski definition) is 0. The van der Waals surface area contributed by atoms with E-state index in [-0.39, 0.29) is 17.3 Å². The first-order valence-electron chi connectivity index (χ1n) is 7.54. The van der Waals surface area contributed by atoms with Crippen LogP contribution in [0.25, 0.3) is 0 Å². The first-order chi connectivity index (χ1) is 8.74. The lowest BCUT2D eigenvalue weighted by Crippen LogP contribution is -2.32. The molecule has 0 N–H and O–H groups in total. The topological polar surface area (TPSA) is 26.3 Å². The van der Waals surface area contributed by atoms with E-state index in [2.05, 4.69) is 47.6 Å². The molecule has 1 aliphatic rings. The third-order valence-electron chi connectivity index (χ3n) is 4.48. The van der Waals surface area contributed by atoms with Gasteiger partial charge in [-0.25, -0.2) is 0 Å². The highest BCUT2D eigenvalue weighted by molar-refractivity contribution is 5.74. The molecule has 0 bridgehead atoms. The first kappa shape index (κ1) is 16.3. The van der Waals surface area contributed by atoms with E-state index in [0.29, 0.717) is 18.4 Å². The van der Waals surface area contributed by atoms with Crippen molar-refractivity contribution < 1.29 is 9.53 Å². The summed E-state index contributed by atoms with van der Waals surface area (Å²) in [4.78, 5) is 11.6. The van der Waals surface area contributed by atoms with Gasteiger partial charge in [-0.05, 0) is 44.9 Å². The van der Waals surface area contributed by atoms with E-state index in [1.165, 1.54) is 5.57 Å². The lowest BCUT2D eigenvalue weighted by molar-refractivity contribution is -0.149. The second kappa shape index (κ2) is 6.58. The summed E-state index contributed by atoms with van der Waals surface area (Å²) in [5.74, 6) is 1.34. The molecular formula is C17H30O2. The van der Waals surface area contributed by atoms with Crippen molar-refractivity contribution in [2.75, 3.05) is 6.61 Å². The summed E-state index contributed by atoms with van der Waals surface area (Å²) in [7, 11) is 0. The molecule has 1 rings (SSSR count). The Kier molecular flexibility index (Phi) is 5.64. The fourth-order valence-electron chi connectivity index (χ4n) is 2.22. The molecule has 0 unspecified atom stereocenters. The van der Waals surface area contributed by atoms with Crippen molar-refractivity contribution in [3.63, 3.8) is 0 Å². The van der Waals surface area contributed by atoms with Crippen LogP contribution in [0.15, 0.2) is 11.6 Å². The van der Waals surface area contributed by atoms with Gasteiger partial charge in [-0.15, -0.1) is 0 Å². The quantitative estimate of drug-likeness (QED) is 0.497. The molecule has 2 heteroatoms. The SMILES string of the molecule is CC(C)=CC[C@H](C)[C@H](C)C(C)(C)COC(=O)C1CC1. The van der Waals surface area contributed by atoms with Crippen LogP contribution in [0, 0.1) is 23.2 Å². The monoisotopic (exact) mass is 266 g/mol. The Morgan fingerprint density at radius 1 is 1.32 bits per heavy atom. The maximum absolute atomic E-state index is 11.6. The third-order valence-corrected chi connectivity index (χ3v) is 4.48. The smallest absolute Gasteiger partial charge is 0.308 e. The van der Waals surface area contributed by atoms with Crippen molar-refractivity contribution in [3.8, 4) is 0 Å². The average Bonchev–Trinajstić information content (AvgIpc) is 3.16. The summed E-state index contributed by atoms with van der Waals surface area (Å²) >= 11 is 0. The number of allylic oxidation sites excluding steroid dienone is 2. The van der Waals surface area contributed by atoms with Crippen LogP contribution in [0.3, 0.4) is 0 Å². The van der Waals surface area contributed by atoms with Gasteiger partial charge in [-0.3, -0.25) is 4.79 Å². The average molecular weight is 266 g/mol. The van der Waals surface area contributed by atoms with Gasteiger partial charge in [0.2, 0.25) is 0 Å². The minimum atomic E-state index is 0.0113. The lowest BCUT2D eigenvalue weighted by Gasteiger charge is -2.35. The van der Waals surface area contributed by atoms with E-state index in [1.54, 1.807) is 0 Å². The molecule has 2 nitrogen and oxygen atoms in total. The second-order valence-electron chi connectivity index (χ2n) is 7.15. The van der Waals surface area contributed by atoms with Crippen LogP contribution in [-0.4, -0.2) is 12.6 Å². The number of carbonyl (C=O) groups excluding carboxylic acids is 1. The molecule has 1 fully saturated rings. The van der Waals surface area contributed by atoms with Crippen LogP contribution in [0.2, 0.25) is 0 Å². The molecular weight excluding hydrogens is 236 g/mol. The number of rotatable bonds is 7. The van der Waals surface area contributed by atoms with Crippen molar-refractivity contribution in [1.29, 1.82) is 0 Å². The highest BCUT2D eigenvalue weighted by Crippen LogP contribution is 2.36. The maximum atomic E-state index is 11.6. The van der Waals surface area contributed by atoms with E-state index < -0.39 is 0 Å². The molecule has 19 heavy (non-hydrogen) atoms. The first-order valence-corrected chi connectivity index (χ1v) is 7.54. The third kappa shape index (κ3) is 5.38. The predicted molar refractivity (Wildman–Crippen MR) is 79.8 cm³/mol. The molecule has 0 spiro atoms. The molecule has 1 aliphatic carbocycles. The summed E-state index contributed by atoms with van der Waals surface area (Å²) in [5, 5.41) is 0. The predicted octanol–water partition coefficient (Wildman–Crippen LogP) is 4.59. The van der Waals surface area contributed by atoms with Gasteiger partial charge in [0, 0.05) is 5.41 Å². The Balaban J connectivity index is 2.44. The van der Waals surface area contributed by atoms with Crippen molar-refractivity contribution in [1.82, 2.24) is 0 Å². The van der Waals surface area contributed by atoms with E-state index in [1.807, 2.05) is 0 Å². The minimum Gasteiger partial charge on any atom is -0.465 e. The van der Waals surface area contributed by atoms with Crippen molar-refractivity contribution in [2.45, 2.75) is 60.8 Å². The molecule has 0 radical (unpaired) electrons. The normalized spacial score (nSPS) is 18.6. The van der Waals surface area contributed by atoms with Crippen LogP contribution in [-0.2, 0) is 9.53 Å². The van der Waals surface area contributed by atoms with Gasteiger partial charge in [0.1, 0.15) is 0 Å². The molecule has 0 amide bonds. The van der Waals surface area contributed by atoms with Crippen LogP contribution < -0.4 is 0 Å². The zero-order chi connectivity index (χ0) is 14.6. The van der Waals surface area contributed by atoms with E-state index >= 15 is 0 Å². The summed E-state index contributed by atoms with van der Waals surface area (Å²) in [6.45, 7) is 13.8. The lowest BCUT2D eigenvalue weighted by atomic mass is 9.73. The van der Waals surface area contributed by atoms with Gasteiger partial charge in [0.25, 0.3) is 0 Å². The van der Waals surface area contributed by atoms with E-state index in [0.717, 1.165) is 19.3 Å². The van der Waals surface area contributed by atoms with Crippen LogP contribution >= 0.6 is 0 Å². The zero-order valence-electron chi connectivity index (χ0n) is 13.5. The Morgan fingerprint density at radius 2 is 1.89 bits per heavy atom. The van der Waals surface area contributed by atoms with Gasteiger partial charge >= 0.3 is 5.97 Å². The van der Waals surface area contributed by atoms with Crippen molar-refractivity contribution >= 4 is 5.97 Å². The van der Waals surface area contributed by atoms with E-state index in [9.17, 15) is 4.79 Å². The fraction of sp³-hybridized carbons (Fsp3) is 0.824. The Bertz CT molecular complexity index is 333. The van der Waals surface area contributed by atoms with Crippen molar-refractivity contribution in [3.05, 3.63) is 11.6 Å². The van der Waals surface area contributed by atoms with Gasteiger partial charge in [0.05, 0.1) is 12.5 Å². The number of ether oxygens (including phenoxy) is 1. The zero-order valence-corrected chi connectivity index (χ0v) is 13.5. The molecule has 0 aliphatic heterocycles. The molecule has 110 valence electrons. The van der Waals surface area contributed by atoms with Crippen molar-refractivity contribution in [2.24, 2.45) is 23.2 Å². The summed E-state index contributed by atoms with van der Waals surface area (Å²) in [6, 6.07) is 0.